The van der Waals surface area contributed by atoms with Crippen LogP contribution in [0, 0.1) is 0 Å². The minimum Gasteiger partial charge on any atom is -0.148 e. The first-order valence-corrected chi connectivity index (χ1v) is 31.7. The quantitative estimate of drug-likeness (QED) is 0.272. The molecule has 0 atom stereocenters. The summed E-state index contributed by atoms with van der Waals surface area (Å²) in [6.45, 7) is -4.45. The summed E-state index contributed by atoms with van der Waals surface area (Å²) >= 11 is 72.8. The van der Waals surface area contributed by atoms with E-state index in [1.165, 1.54) is 0 Å². The monoisotopic (exact) mass is 587 g/mol. The first-order chi connectivity index (χ1) is 7.64. The lowest BCUT2D eigenvalue weighted by atomic mass is 26.1. The SMILES string of the molecule is Cl[Si](Cl)[Si](Cl)(Cl)[Si](Cl)(Cl)[Si](Cl)(Cl)[Si](Cl)(Cl)[Si](Cl)Cl. The maximum Gasteiger partial charge on any atom is 0.295 e. The summed E-state index contributed by atoms with van der Waals surface area (Å²) in [5.74, 6) is 0. The van der Waals surface area contributed by atoms with Crippen molar-refractivity contribution < 1.29 is 0 Å². The van der Waals surface area contributed by atoms with Crippen LogP contribution in [0.3, 0.4) is 0 Å². The molecule has 0 unspecified atom stereocenters. The van der Waals surface area contributed by atoms with Crippen molar-refractivity contribution in [2.24, 2.45) is 0 Å². The average molecular weight is 594 g/mol. The molecule has 18 heteroatoms. The van der Waals surface area contributed by atoms with Gasteiger partial charge >= 0.3 is 0 Å². The molecule has 18 heavy (non-hydrogen) atoms. The van der Waals surface area contributed by atoms with E-state index in [4.69, 9.17) is 133 Å². The summed E-state index contributed by atoms with van der Waals surface area (Å²) in [4.78, 5) is 0. The lowest BCUT2D eigenvalue weighted by molar-refractivity contribution is 3.20. The van der Waals surface area contributed by atoms with Crippen molar-refractivity contribution in [3.8, 4) is 0 Å². The summed E-state index contributed by atoms with van der Waals surface area (Å²) in [7, 11) is 0. The van der Waals surface area contributed by atoms with Gasteiger partial charge in [-0.15, -0.1) is 133 Å². The third-order valence-corrected chi connectivity index (χ3v) is 134. The molecule has 0 bridgehead atoms. The van der Waals surface area contributed by atoms with E-state index < -0.39 is 36.8 Å². The molecule has 0 aromatic heterocycles. The lowest BCUT2D eigenvalue weighted by Gasteiger charge is -2.39. The first kappa shape index (κ1) is 22.8. The van der Waals surface area contributed by atoms with Crippen LogP contribution < -0.4 is 0 Å². The zero-order valence-corrected chi connectivity index (χ0v) is 22.6. The van der Waals surface area contributed by atoms with Gasteiger partial charge in [-0.05, 0) is 0 Å². The van der Waals surface area contributed by atoms with Gasteiger partial charge in [-0.25, -0.2) is 0 Å². The third kappa shape index (κ3) is 4.24. The second-order valence-electron chi connectivity index (χ2n) is 2.82. The van der Waals surface area contributed by atoms with Gasteiger partial charge in [0.1, 0.15) is 0 Å². The lowest BCUT2D eigenvalue weighted by Crippen LogP contribution is -2.76. The topological polar surface area (TPSA) is 0 Å². The maximum atomic E-state index is 6.26. The zero-order valence-electron chi connectivity index (χ0n) is 7.54. The molecule has 108 valence electrons. The summed E-state index contributed by atoms with van der Waals surface area (Å²) in [6.07, 6.45) is 0. The normalized spacial score (nSPS) is 15.7. The third-order valence-electron chi connectivity index (χ3n) is 1.66. The van der Waals surface area contributed by atoms with E-state index >= 15 is 0 Å². The van der Waals surface area contributed by atoms with Crippen molar-refractivity contribution >= 4 is 170 Å². The van der Waals surface area contributed by atoms with Crippen LogP contribution in [-0.2, 0) is 0 Å². The van der Waals surface area contributed by atoms with Crippen LogP contribution in [0.15, 0.2) is 0 Å². The molecular formula is Cl12Si6. The fraction of sp³-hybridized carbons (Fsp3) is 0. The molecule has 0 amide bonds. The fourth-order valence-corrected chi connectivity index (χ4v) is 154. The summed E-state index contributed by atoms with van der Waals surface area (Å²) in [5.41, 5.74) is -14.4. The number of halogens is 12. The molecule has 0 aromatic rings. The molecule has 0 fully saturated rings. The van der Waals surface area contributed by atoms with Crippen molar-refractivity contribution in [3.63, 3.8) is 0 Å². The molecule has 0 N–H and O–H groups in total. The van der Waals surface area contributed by atoms with E-state index in [2.05, 4.69) is 0 Å². The molecule has 0 saturated carbocycles. The molecule has 0 heterocycles. The van der Waals surface area contributed by atoms with Crippen molar-refractivity contribution in [2.75, 3.05) is 0 Å². The Bertz CT molecular complexity index is 261. The van der Waals surface area contributed by atoms with E-state index in [9.17, 15) is 0 Å². The Hall–Kier alpha value is 4.78. The van der Waals surface area contributed by atoms with Crippen molar-refractivity contribution in [3.05, 3.63) is 0 Å². The van der Waals surface area contributed by atoms with Crippen LogP contribution in [0.25, 0.3) is 0 Å². The highest BCUT2D eigenvalue weighted by atomic mass is 35.8. The number of rotatable bonds is 5. The Morgan fingerprint density at radius 3 is 0.722 bits per heavy atom. The Labute approximate surface area is 167 Å². The summed E-state index contributed by atoms with van der Waals surface area (Å²) in [6, 6.07) is 0. The minimum absolute atomic E-state index is 2.23. The van der Waals surface area contributed by atoms with Crippen LogP contribution in [0.1, 0.15) is 0 Å². The molecule has 0 aliphatic heterocycles. The van der Waals surface area contributed by atoms with Gasteiger partial charge in [-0.1, -0.05) is 0 Å². The van der Waals surface area contributed by atoms with Crippen LogP contribution in [0.2, 0.25) is 0 Å². The van der Waals surface area contributed by atoms with E-state index in [1.54, 1.807) is 0 Å². The Morgan fingerprint density at radius 2 is 0.611 bits per heavy atom. The standard InChI is InChI=1S/Cl12Si6/c1-13(2)15(5,6)17(9,10)18(11,12)16(7,8)14(3)4. The Balaban J connectivity index is 5.74. The van der Waals surface area contributed by atoms with Crippen LogP contribution >= 0.6 is 133 Å². The van der Waals surface area contributed by atoms with E-state index in [1.807, 2.05) is 0 Å². The molecular weight excluding hydrogens is 594 g/mol. The largest absolute Gasteiger partial charge is 0.295 e. The van der Waals surface area contributed by atoms with Crippen LogP contribution in [0.4, 0.5) is 0 Å². The van der Waals surface area contributed by atoms with E-state index in [-0.39, 0.29) is 0 Å². The van der Waals surface area contributed by atoms with Gasteiger partial charge in [0, 0.05) is 0 Å². The minimum atomic E-state index is -3.70. The van der Waals surface area contributed by atoms with E-state index in [0.717, 1.165) is 0 Å². The van der Waals surface area contributed by atoms with Crippen LogP contribution in [0.5, 0.6) is 0 Å². The second kappa shape index (κ2) is 7.78. The smallest absolute Gasteiger partial charge is 0.148 e. The Kier molecular flexibility index (Phi) is 9.84. The fourth-order valence-electron chi connectivity index (χ4n) is 0.632. The molecule has 0 saturated heterocycles. The molecule has 0 spiro atoms. The molecule has 0 aliphatic carbocycles. The number of hydrogen-bond donors (Lipinski definition) is 0. The second-order valence-corrected chi connectivity index (χ2v) is 76.1. The van der Waals surface area contributed by atoms with Gasteiger partial charge in [0.2, 0.25) is 0 Å². The Morgan fingerprint density at radius 1 is 0.444 bits per heavy atom. The maximum absolute atomic E-state index is 6.26. The molecule has 0 aliphatic rings. The molecule has 0 nitrogen and oxygen atoms in total. The molecule has 2 radical (unpaired) electrons. The highest BCUT2D eigenvalue weighted by molar-refractivity contribution is 8.37. The van der Waals surface area contributed by atoms with Crippen molar-refractivity contribution in [1.82, 2.24) is 0 Å². The average Bonchev–Trinajstić information content (AvgIpc) is 2.15. The van der Waals surface area contributed by atoms with Gasteiger partial charge in [-0.3, -0.25) is 0 Å². The van der Waals surface area contributed by atoms with Crippen molar-refractivity contribution in [2.45, 2.75) is 0 Å². The van der Waals surface area contributed by atoms with Crippen molar-refractivity contribution in [1.29, 1.82) is 0 Å². The highest BCUT2D eigenvalue weighted by Gasteiger charge is 2.79. The van der Waals surface area contributed by atoms with Crippen LogP contribution in [-0.4, -0.2) is 36.8 Å². The summed E-state index contributed by atoms with van der Waals surface area (Å²) < 4.78 is 0. The van der Waals surface area contributed by atoms with Gasteiger partial charge in [0.05, 0.1) is 0 Å². The highest BCUT2D eigenvalue weighted by Crippen LogP contribution is 2.53. The molecule has 0 rings (SSSR count). The van der Waals surface area contributed by atoms with Gasteiger partial charge in [0.25, 0.3) is 36.8 Å². The van der Waals surface area contributed by atoms with Gasteiger partial charge in [-0.2, -0.15) is 0 Å². The predicted molar refractivity (Wildman–Crippen MR) is 105 cm³/mol. The summed E-state index contributed by atoms with van der Waals surface area (Å²) in [5, 5.41) is 0. The number of hydrogen-bond acceptors (Lipinski definition) is 0. The van der Waals surface area contributed by atoms with E-state index in [0.29, 0.717) is 0 Å². The predicted octanol–water partition coefficient (Wildman–Crippen LogP) is 5.99. The first-order valence-electron chi connectivity index (χ1n) is 3.52. The van der Waals surface area contributed by atoms with Gasteiger partial charge in [0.15, 0.2) is 0 Å². The van der Waals surface area contributed by atoms with Gasteiger partial charge < -0.3 is 0 Å². The zero-order chi connectivity index (χ0) is 15.2. The molecule has 0 aromatic carbocycles.